The molecule has 0 aliphatic carbocycles. The third kappa shape index (κ3) is 3.37. The Kier molecular flexibility index (Phi) is 5.44. The molecular formula is C11H16F2N2O3. The molecule has 0 bridgehead atoms. The van der Waals surface area contributed by atoms with E-state index in [1.807, 2.05) is 6.07 Å². The Hall–Kier alpha value is -1.26. The summed E-state index contributed by atoms with van der Waals surface area (Å²) in [5, 5.41) is 18.0. The monoisotopic (exact) mass is 262 g/mol. The fourth-order valence-electron chi connectivity index (χ4n) is 1.96. The molecule has 0 saturated carbocycles. The minimum absolute atomic E-state index is 0.187. The van der Waals surface area contributed by atoms with Gasteiger partial charge in [-0.2, -0.15) is 5.26 Å². The van der Waals surface area contributed by atoms with Crippen LogP contribution in [-0.2, 0) is 9.53 Å². The minimum Gasteiger partial charge on any atom is -0.395 e. The Balaban J connectivity index is 2.82. The zero-order valence-corrected chi connectivity index (χ0v) is 9.94. The maximum absolute atomic E-state index is 12.4. The first-order valence-electron chi connectivity index (χ1n) is 5.73. The molecule has 0 spiro atoms. The molecule has 18 heavy (non-hydrogen) atoms. The van der Waals surface area contributed by atoms with Gasteiger partial charge in [-0.05, 0) is 12.8 Å². The summed E-state index contributed by atoms with van der Waals surface area (Å²) in [6.45, 7) is -0.824. The van der Waals surface area contributed by atoms with Crippen molar-refractivity contribution in [2.24, 2.45) is 5.41 Å². The van der Waals surface area contributed by atoms with Crippen LogP contribution in [0.2, 0.25) is 0 Å². The normalized spacial score (nSPS) is 18.4. The van der Waals surface area contributed by atoms with E-state index >= 15 is 0 Å². The first-order valence-corrected chi connectivity index (χ1v) is 5.73. The molecule has 0 atom stereocenters. The van der Waals surface area contributed by atoms with Gasteiger partial charge in [0, 0.05) is 19.8 Å². The summed E-state index contributed by atoms with van der Waals surface area (Å²) < 4.78 is 29.8. The zero-order chi connectivity index (χ0) is 13.6. The Morgan fingerprint density at radius 1 is 1.50 bits per heavy atom. The van der Waals surface area contributed by atoms with Gasteiger partial charge in [-0.3, -0.25) is 4.79 Å². The maximum atomic E-state index is 12.4. The van der Waals surface area contributed by atoms with Crippen LogP contribution in [0.25, 0.3) is 0 Å². The lowest BCUT2D eigenvalue weighted by Crippen LogP contribution is -2.48. The highest BCUT2D eigenvalue weighted by Gasteiger charge is 2.43. The molecule has 1 N–H and O–H groups in total. The summed E-state index contributed by atoms with van der Waals surface area (Å²) in [5.74, 6) is -0.636. The van der Waals surface area contributed by atoms with Crippen LogP contribution in [0.5, 0.6) is 0 Å². The number of hydrogen-bond acceptors (Lipinski definition) is 4. The summed E-state index contributed by atoms with van der Waals surface area (Å²) >= 11 is 0. The smallest absolute Gasteiger partial charge is 0.255 e. The second-order valence-electron chi connectivity index (χ2n) is 4.17. The van der Waals surface area contributed by atoms with Crippen molar-refractivity contribution in [2.75, 3.05) is 32.9 Å². The fraction of sp³-hybridized carbons (Fsp3) is 0.818. The third-order valence-corrected chi connectivity index (χ3v) is 2.99. The number of amides is 1. The quantitative estimate of drug-likeness (QED) is 0.778. The molecule has 7 heteroatoms. The fourth-order valence-corrected chi connectivity index (χ4v) is 1.96. The molecule has 0 aromatic heterocycles. The van der Waals surface area contributed by atoms with Crippen LogP contribution in [0.4, 0.5) is 8.78 Å². The van der Waals surface area contributed by atoms with Crippen LogP contribution in [0.1, 0.15) is 12.8 Å². The molecule has 1 aliphatic rings. The number of rotatable bonds is 5. The van der Waals surface area contributed by atoms with Crippen molar-refractivity contribution in [1.29, 1.82) is 5.26 Å². The number of nitriles is 1. The maximum Gasteiger partial charge on any atom is 0.255 e. The van der Waals surface area contributed by atoms with Crippen LogP contribution in [0.15, 0.2) is 0 Å². The summed E-state index contributed by atoms with van der Waals surface area (Å²) in [5.41, 5.74) is -1.29. The molecule has 1 aliphatic heterocycles. The topological polar surface area (TPSA) is 73.6 Å². The van der Waals surface area contributed by atoms with Crippen LogP contribution in [-0.4, -0.2) is 55.2 Å². The predicted octanol–water partition coefficient (Wildman–Crippen LogP) is 0.393. The molecular weight excluding hydrogens is 246 g/mol. The number of halogens is 2. The Morgan fingerprint density at radius 3 is 2.56 bits per heavy atom. The van der Waals surface area contributed by atoms with E-state index in [-0.39, 0.29) is 32.6 Å². The first kappa shape index (κ1) is 14.8. The third-order valence-electron chi connectivity index (χ3n) is 2.99. The van der Waals surface area contributed by atoms with Crippen LogP contribution < -0.4 is 0 Å². The van der Waals surface area contributed by atoms with Crippen LogP contribution >= 0.6 is 0 Å². The van der Waals surface area contributed by atoms with Gasteiger partial charge < -0.3 is 14.7 Å². The number of carbonyl (C=O) groups excluding carboxylic acids is 1. The largest absolute Gasteiger partial charge is 0.395 e. The number of aliphatic hydroxyl groups excluding tert-OH is 1. The standard InChI is InChI=1S/C11H16F2N2O3/c12-9(13)7-15(3-4-16)10(17)11(8-14)1-5-18-6-2-11/h9,16H,1-7H2. The van der Waals surface area contributed by atoms with Crippen molar-refractivity contribution in [3.63, 3.8) is 0 Å². The highest BCUT2D eigenvalue weighted by atomic mass is 19.3. The highest BCUT2D eigenvalue weighted by molar-refractivity contribution is 5.85. The van der Waals surface area contributed by atoms with Gasteiger partial charge in [-0.15, -0.1) is 0 Å². The second kappa shape index (κ2) is 6.61. The molecule has 1 heterocycles. The number of carbonyl (C=O) groups is 1. The number of alkyl halides is 2. The Bertz CT molecular complexity index is 325. The lowest BCUT2D eigenvalue weighted by molar-refractivity contribution is -0.146. The SMILES string of the molecule is N#CC1(C(=O)N(CCO)CC(F)F)CCOCC1. The average Bonchev–Trinajstić information content (AvgIpc) is 2.37. The number of hydrogen-bond donors (Lipinski definition) is 1. The lowest BCUT2D eigenvalue weighted by Gasteiger charge is -2.34. The van der Waals surface area contributed by atoms with E-state index in [9.17, 15) is 13.6 Å². The van der Waals surface area contributed by atoms with Crippen molar-refractivity contribution in [3.8, 4) is 6.07 Å². The molecule has 0 aromatic carbocycles. The van der Waals surface area contributed by atoms with Crippen molar-refractivity contribution >= 4 is 5.91 Å². The predicted molar refractivity (Wildman–Crippen MR) is 57.8 cm³/mol. The molecule has 1 saturated heterocycles. The van der Waals surface area contributed by atoms with Gasteiger partial charge in [0.1, 0.15) is 5.41 Å². The van der Waals surface area contributed by atoms with E-state index in [2.05, 4.69) is 0 Å². The molecule has 0 unspecified atom stereocenters. The molecule has 1 rings (SSSR count). The van der Waals surface area contributed by atoms with Crippen molar-refractivity contribution < 1.29 is 23.4 Å². The van der Waals surface area contributed by atoms with Crippen molar-refractivity contribution in [2.45, 2.75) is 19.3 Å². The number of aliphatic hydroxyl groups is 1. The van der Waals surface area contributed by atoms with E-state index in [1.54, 1.807) is 0 Å². The van der Waals surface area contributed by atoms with Crippen LogP contribution in [0, 0.1) is 16.7 Å². The molecule has 102 valence electrons. The van der Waals surface area contributed by atoms with Gasteiger partial charge in [0.15, 0.2) is 0 Å². The first-order chi connectivity index (χ1) is 8.55. The van der Waals surface area contributed by atoms with Gasteiger partial charge in [0.05, 0.1) is 19.2 Å². The molecule has 5 nitrogen and oxygen atoms in total. The van der Waals surface area contributed by atoms with E-state index < -0.39 is 30.9 Å². The molecule has 0 aromatic rings. The summed E-state index contributed by atoms with van der Waals surface area (Å²) in [4.78, 5) is 13.0. The number of ether oxygens (including phenoxy) is 1. The zero-order valence-electron chi connectivity index (χ0n) is 9.94. The average molecular weight is 262 g/mol. The second-order valence-corrected chi connectivity index (χ2v) is 4.17. The summed E-state index contributed by atoms with van der Waals surface area (Å²) in [6.07, 6.45) is -2.28. The molecule has 1 fully saturated rings. The lowest BCUT2D eigenvalue weighted by atomic mass is 9.80. The van der Waals surface area contributed by atoms with E-state index in [1.165, 1.54) is 0 Å². The Labute approximate surface area is 104 Å². The van der Waals surface area contributed by atoms with E-state index in [0.29, 0.717) is 0 Å². The van der Waals surface area contributed by atoms with Gasteiger partial charge >= 0.3 is 0 Å². The van der Waals surface area contributed by atoms with Gasteiger partial charge in [-0.25, -0.2) is 8.78 Å². The van der Waals surface area contributed by atoms with Crippen LogP contribution in [0.3, 0.4) is 0 Å². The molecule has 1 amide bonds. The van der Waals surface area contributed by atoms with E-state index in [4.69, 9.17) is 15.1 Å². The number of nitrogens with zero attached hydrogens (tertiary/aromatic N) is 2. The minimum atomic E-state index is -2.68. The summed E-state index contributed by atoms with van der Waals surface area (Å²) in [7, 11) is 0. The van der Waals surface area contributed by atoms with Gasteiger partial charge in [-0.1, -0.05) is 0 Å². The van der Waals surface area contributed by atoms with Crippen molar-refractivity contribution in [1.82, 2.24) is 4.90 Å². The summed E-state index contributed by atoms with van der Waals surface area (Å²) in [6, 6.07) is 1.93. The highest BCUT2D eigenvalue weighted by Crippen LogP contribution is 2.32. The van der Waals surface area contributed by atoms with E-state index in [0.717, 1.165) is 4.90 Å². The van der Waals surface area contributed by atoms with Gasteiger partial charge in [0.2, 0.25) is 5.91 Å². The Morgan fingerprint density at radius 2 is 2.11 bits per heavy atom. The van der Waals surface area contributed by atoms with Crippen molar-refractivity contribution in [3.05, 3.63) is 0 Å². The van der Waals surface area contributed by atoms with Gasteiger partial charge in [0.25, 0.3) is 6.43 Å². The molecule has 0 radical (unpaired) electrons.